The highest BCUT2D eigenvalue weighted by Gasteiger charge is 2.25. The van der Waals surface area contributed by atoms with Crippen LogP contribution in [-0.4, -0.2) is 20.4 Å². The third-order valence-corrected chi connectivity index (χ3v) is 4.89. The van der Waals surface area contributed by atoms with Gasteiger partial charge in [-0.05, 0) is 30.7 Å². The second kappa shape index (κ2) is 4.89. The van der Waals surface area contributed by atoms with E-state index < -0.39 is 10.0 Å². The van der Waals surface area contributed by atoms with E-state index in [1.807, 2.05) is 0 Å². The number of pyridine rings is 1. The lowest BCUT2D eigenvalue weighted by Crippen LogP contribution is -2.28. The van der Waals surface area contributed by atoms with E-state index in [4.69, 9.17) is 5.73 Å². The van der Waals surface area contributed by atoms with Crippen LogP contribution in [0.4, 0.5) is 11.4 Å². The summed E-state index contributed by atoms with van der Waals surface area (Å²) in [6.45, 7) is 1.73. The molecule has 0 atom stereocenters. The third kappa shape index (κ3) is 2.39. The van der Waals surface area contributed by atoms with Crippen LogP contribution in [0.1, 0.15) is 5.56 Å². The molecule has 5 nitrogen and oxygen atoms in total. The van der Waals surface area contributed by atoms with E-state index in [-0.39, 0.29) is 10.6 Å². The number of nitrogen functional groups attached to an aromatic ring is 1. The van der Waals surface area contributed by atoms with Crippen LogP contribution in [0, 0.1) is 6.92 Å². The molecule has 100 valence electrons. The number of hydrogen-bond donors (Lipinski definition) is 1. The Morgan fingerprint density at radius 1 is 1.16 bits per heavy atom. The van der Waals surface area contributed by atoms with Crippen LogP contribution in [0.2, 0.25) is 0 Å². The van der Waals surface area contributed by atoms with Gasteiger partial charge in [0.15, 0.2) is 0 Å². The number of nitrogens with two attached hydrogens (primary N) is 1. The van der Waals surface area contributed by atoms with Gasteiger partial charge in [0.1, 0.15) is 4.90 Å². The van der Waals surface area contributed by atoms with Crippen molar-refractivity contribution in [3.8, 4) is 0 Å². The van der Waals surface area contributed by atoms with Crippen LogP contribution in [0.25, 0.3) is 0 Å². The zero-order chi connectivity index (χ0) is 14.0. The molecule has 2 aromatic rings. The molecule has 0 amide bonds. The number of hydrogen-bond acceptors (Lipinski definition) is 4. The second-order valence-electron chi connectivity index (χ2n) is 4.17. The van der Waals surface area contributed by atoms with Gasteiger partial charge in [-0.1, -0.05) is 12.1 Å². The zero-order valence-corrected chi connectivity index (χ0v) is 11.6. The molecule has 19 heavy (non-hydrogen) atoms. The monoisotopic (exact) mass is 277 g/mol. The number of rotatable bonds is 3. The number of benzene rings is 1. The molecule has 0 saturated heterocycles. The summed E-state index contributed by atoms with van der Waals surface area (Å²) in [6.07, 6.45) is 3.09. The normalized spacial score (nSPS) is 11.3. The van der Waals surface area contributed by atoms with Gasteiger partial charge >= 0.3 is 0 Å². The van der Waals surface area contributed by atoms with Gasteiger partial charge in [-0.3, -0.25) is 9.29 Å². The Morgan fingerprint density at radius 2 is 1.79 bits per heavy atom. The average molecular weight is 277 g/mol. The number of aryl methyl sites for hydroxylation is 1. The largest absolute Gasteiger partial charge is 0.398 e. The molecule has 0 spiro atoms. The Hall–Kier alpha value is -2.08. The van der Waals surface area contributed by atoms with Crippen molar-refractivity contribution in [3.05, 3.63) is 48.3 Å². The Kier molecular flexibility index (Phi) is 3.44. The Balaban J connectivity index is 2.55. The van der Waals surface area contributed by atoms with Gasteiger partial charge in [0.05, 0.1) is 11.4 Å². The molecule has 2 rings (SSSR count). The molecule has 1 aromatic heterocycles. The Morgan fingerprint density at radius 3 is 2.37 bits per heavy atom. The summed E-state index contributed by atoms with van der Waals surface area (Å²) >= 11 is 0. The first-order valence-corrected chi connectivity index (χ1v) is 7.12. The highest BCUT2D eigenvalue weighted by Crippen LogP contribution is 2.27. The first-order chi connectivity index (χ1) is 8.94. The molecule has 0 fully saturated rings. The molecule has 0 aliphatic carbocycles. The van der Waals surface area contributed by atoms with Gasteiger partial charge in [-0.2, -0.15) is 0 Å². The highest BCUT2D eigenvalue weighted by atomic mass is 32.2. The molecule has 0 unspecified atom stereocenters. The lowest BCUT2D eigenvalue weighted by molar-refractivity contribution is 0.594. The van der Waals surface area contributed by atoms with E-state index in [0.717, 1.165) is 0 Å². The minimum Gasteiger partial charge on any atom is -0.398 e. The maximum absolute atomic E-state index is 12.6. The SMILES string of the molecule is Cc1cccc(N)c1S(=O)(=O)N(C)c1ccncc1. The average Bonchev–Trinajstić information content (AvgIpc) is 2.38. The predicted molar refractivity (Wildman–Crippen MR) is 75.4 cm³/mol. The molecule has 6 heteroatoms. The van der Waals surface area contributed by atoms with E-state index in [2.05, 4.69) is 4.98 Å². The fraction of sp³-hybridized carbons (Fsp3) is 0.154. The van der Waals surface area contributed by atoms with Gasteiger partial charge in [-0.15, -0.1) is 0 Å². The Labute approximate surface area is 112 Å². The van der Waals surface area contributed by atoms with Gasteiger partial charge in [0, 0.05) is 19.4 Å². The van der Waals surface area contributed by atoms with Crippen LogP contribution >= 0.6 is 0 Å². The van der Waals surface area contributed by atoms with Gasteiger partial charge < -0.3 is 5.73 Å². The smallest absolute Gasteiger partial charge is 0.266 e. The van der Waals surface area contributed by atoms with Crippen molar-refractivity contribution in [1.29, 1.82) is 0 Å². The summed E-state index contributed by atoms with van der Waals surface area (Å²) < 4.78 is 26.4. The van der Waals surface area contributed by atoms with Crippen LogP contribution < -0.4 is 10.0 Å². The van der Waals surface area contributed by atoms with Crippen molar-refractivity contribution < 1.29 is 8.42 Å². The highest BCUT2D eigenvalue weighted by molar-refractivity contribution is 7.93. The van der Waals surface area contributed by atoms with Crippen molar-refractivity contribution in [1.82, 2.24) is 4.98 Å². The van der Waals surface area contributed by atoms with E-state index in [1.54, 1.807) is 49.6 Å². The van der Waals surface area contributed by atoms with Crippen molar-refractivity contribution in [2.45, 2.75) is 11.8 Å². The van der Waals surface area contributed by atoms with Gasteiger partial charge in [0.25, 0.3) is 10.0 Å². The molecular formula is C13H15N3O2S. The van der Waals surface area contributed by atoms with E-state index in [9.17, 15) is 8.42 Å². The zero-order valence-electron chi connectivity index (χ0n) is 10.7. The lowest BCUT2D eigenvalue weighted by Gasteiger charge is -2.21. The first-order valence-electron chi connectivity index (χ1n) is 5.68. The second-order valence-corrected chi connectivity index (χ2v) is 6.08. The first kappa shape index (κ1) is 13.4. The van der Waals surface area contributed by atoms with Crippen molar-refractivity contribution in [2.75, 3.05) is 17.1 Å². The molecule has 0 bridgehead atoms. The number of aromatic nitrogens is 1. The summed E-state index contributed by atoms with van der Waals surface area (Å²) in [5.41, 5.74) is 7.22. The summed E-state index contributed by atoms with van der Waals surface area (Å²) in [6, 6.07) is 8.30. The van der Waals surface area contributed by atoms with Crippen LogP contribution in [0.15, 0.2) is 47.6 Å². The minimum absolute atomic E-state index is 0.148. The van der Waals surface area contributed by atoms with E-state index >= 15 is 0 Å². The van der Waals surface area contributed by atoms with Crippen molar-refractivity contribution >= 4 is 21.4 Å². The number of sulfonamides is 1. The standard InChI is InChI=1S/C13H15N3O2S/c1-10-4-3-5-12(14)13(10)19(17,18)16(2)11-6-8-15-9-7-11/h3-9H,14H2,1-2H3. The molecule has 1 heterocycles. The van der Waals surface area contributed by atoms with Crippen LogP contribution in [-0.2, 0) is 10.0 Å². The summed E-state index contributed by atoms with van der Waals surface area (Å²) in [5.74, 6) is 0. The van der Waals surface area contributed by atoms with Crippen LogP contribution in [0.3, 0.4) is 0 Å². The maximum atomic E-state index is 12.6. The van der Waals surface area contributed by atoms with Crippen molar-refractivity contribution in [3.63, 3.8) is 0 Å². The van der Waals surface area contributed by atoms with Crippen molar-refractivity contribution in [2.24, 2.45) is 0 Å². The quantitative estimate of drug-likeness (QED) is 0.868. The Bertz CT molecular complexity index is 664. The summed E-state index contributed by atoms with van der Waals surface area (Å²) in [7, 11) is -2.18. The molecule has 0 aliphatic rings. The molecule has 0 radical (unpaired) electrons. The lowest BCUT2D eigenvalue weighted by atomic mass is 10.2. The third-order valence-electron chi connectivity index (χ3n) is 2.89. The molecule has 0 aliphatic heterocycles. The summed E-state index contributed by atoms with van der Waals surface area (Å²) in [4.78, 5) is 4.02. The van der Waals surface area contributed by atoms with Gasteiger partial charge in [0.2, 0.25) is 0 Å². The maximum Gasteiger partial charge on any atom is 0.266 e. The van der Waals surface area contributed by atoms with E-state index in [1.165, 1.54) is 11.4 Å². The fourth-order valence-corrected chi connectivity index (χ4v) is 3.37. The molecule has 2 N–H and O–H groups in total. The molecule has 1 aromatic carbocycles. The predicted octanol–water partition coefficient (Wildman–Crippen LogP) is 1.80. The van der Waals surface area contributed by atoms with Crippen LogP contribution in [0.5, 0.6) is 0 Å². The van der Waals surface area contributed by atoms with Gasteiger partial charge in [-0.25, -0.2) is 8.42 Å². The number of nitrogens with zero attached hydrogens (tertiary/aromatic N) is 2. The number of anilines is 2. The topological polar surface area (TPSA) is 76.3 Å². The molecule has 0 saturated carbocycles. The fourth-order valence-electron chi connectivity index (χ4n) is 1.86. The minimum atomic E-state index is -3.67. The molecular weight excluding hydrogens is 262 g/mol. The van der Waals surface area contributed by atoms with E-state index in [0.29, 0.717) is 11.3 Å². The summed E-state index contributed by atoms with van der Waals surface area (Å²) in [5, 5.41) is 0.